The minimum Gasteiger partial charge on any atom is -0.383 e. The molecule has 0 aromatic carbocycles. The minimum atomic E-state index is -0.0866. The van der Waals surface area contributed by atoms with Gasteiger partial charge in [0.1, 0.15) is 0 Å². The topological polar surface area (TPSA) is 66.0 Å². The number of anilines is 1. The maximum absolute atomic E-state index is 13.0. The summed E-state index contributed by atoms with van der Waals surface area (Å²) >= 11 is 0. The van der Waals surface area contributed by atoms with Crippen molar-refractivity contribution in [3.8, 4) is 0 Å². The Labute approximate surface area is 161 Å². The van der Waals surface area contributed by atoms with Crippen LogP contribution in [-0.4, -0.2) is 79.6 Å². The molecule has 2 saturated heterocycles. The molecule has 0 saturated carbocycles. The Kier molecular flexibility index (Phi) is 6.31. The van der Waals surface area contributed by atoms with E-state index in [1.54, 1.807) is 12.0 Å². The molecule has 0 N–H and O–H groups in total. The lowest BCUT2D eigenvalue weighted by atomic mass is 9.95. The highest BCUT2D eigenvalue weighted by Gasteiger charge is 2.33. The first kappa shape index (κ1) is 19.6. The first-order valence-corrected chi connectivity index (χ1v) is 9.73. The van der Waals surface area contributed by atoms with Gasteiger partial charge >= 0.3 is 0 Å². The molecule has 0 spiro atoms. The standard InChI is InChI=1S/C20H30N4O3/c1-15-12-18(13-16(2)21-15)22-6-8-23(9-7-22)20(26)17-4-5-19(25)24(14-17)10-11-27-3/h12-13,17H,4-11,14H2,1-3H3. The van der Waals surface area contributed by atoms with Gasteiger partial charge in [0.25, 0.3) is 0 Å². The van der Waals surface area contributed by atoms with Crippen molar-refractivity contribution >= 4 is 17.5 Å². The summed E-state index contributed by atoms with van der Waals surface area (Å²) in [6.45, 7) is 8.71. The van der Waals surface area contributed by atoms with E-state index < -0.39 is 0 Å². The molecule has 7 heteroatoms. The van der Waals surface area contributed by atoms with E-state index in [9.17, 15) is 9.59 Å². The smallest absolute Gasteiger partial charge is 0.227 e. The zero-order valence-electron chi connectivity index (χ0n) is 16.6. The number of carbonyl (C=O) groups is 2. The molecule has 7 nitrogen and oxygen atoms in total. The molecule has 2 aliphatic heterocycles. The van der Waals surface area contributed by atoms with E-state index in [2.05, 4.69) is 22.0 Å². The molecule has 0 bridgehead atoms. The molecule has 1 atom stereocenters. The van der Waals surface area contributed by atoms with Crippen molar-refractivity contribution in [2.75, 3.05) is 57.9 Å². The van der Waals surface area contributed by atoms with Crippen LogP contribution in [0.15, 0.2) is 12.1 Å². The first-order chi connectivity index (χ1) is 13.0. The Morgan fingerprint density at radius 3 is 2.48 bits per heavy atom. The zero-order valence-corrected chi connectivity index (χ0v) is 16.6. The number of piperidine rings is 1. The number of ether oxygens (including phenoxy) is 1. The molecule has 148 valence electrons. The summed E-state index contributed by atoms with van der Waals surface area (Å²) in [5.41, 5.74) is 3.22. The van der Waals surface area contributed by atoms with Gasteiger partial charge in [0.2, 0.25) is 11.8 Å². The lowest BCUT2D eigenvalue weighted by Crippen LogP contribution is -2.53. The predicted molar refractivity (Wildman–Crippen MR) is 104 cm³/mol. The zero-order chi connectivity index (χ0) is 19.4. The SMILES string of the molecule is COCCN1CC(C(=O)N2CCN(c3cc(C)nc(C)c3)CC2)CCC1=O. The molecular formula is C20H30N4O3. The van der Waals surface area contributed by atoms with Crippen LogP contribution < -0.4 is 4.90 Å². The van der Waals surface area contributed by atoms with Gasteiger partial charge in [0, 0.05) is 69.9 Å². The van der Waals surface area contributed by atoms with Gasteiger partial charge in [-0.3, -0.25) is 14.6 Å². The summed E-state index contributed by atoms with van der Waals surface area (Å²) in [4.78, 5) is 35.5. The third kappa shape index (κ3) is 4.77. The molecule has 0 aliphatic carbocycles. The normalized spacial score (nSPS) is 20.9. The minimum absolute atomic E-state index is 0.0866. The summed E-state index contributed by atoms with van der Waals surface area (Å²) in [6.07, 6.45) is 1.11. The third-order valence-corrected chi connectivity index (χ3v) is 5.44. The summed E-state index contributed by atoms with van der Waals surface area (Å²) < 4.78 is 5.08. The van der Waals surface area contributed by atoms with Crippen molar-refractivity contribution in [1.82, 2.24) is 14.8 Å². The van der Waals surface area contributed by atoms with Crippen LogP contribution in [0.4, 0.5) is 5.69 Å². The van der Waals surface area contributed by atoms with E-state index in [0.717, 1.165) is 37.6 Å². The number of likely N-dealkylation sites (tertiary alicyclic amines) is 1. The molecule has 1 aromatic rings. The molecule has 2 fully saturated rings. The van der Waals surface area contributed by atoms with Gasteiger partial charge in [-0.1, -0.05) is 0 Å². The third-order valence-electron chi connectivity index (χ3n) is 5.44. The van der Waals surface area contributed by atoms with Crippen molar-refractivity contribution in [2.45, 2.75) is 26.7 Å². The maximum Gasteiger partial charge on any atom is 0.227 e. The number of pyridine rings is 1. The second kappa shape index (κ2) is 8.69. The van der Waals surface area contributed by atoms with E-state index in [4.69, 9.17) is 4.74 Å². The molecule has 0 radical (unpaired) electrons. The van der Waals surface area contributed by atoms with Gasteiger partial charge in [-0.15, -0.1) is 0 Å². The Morgan fingerprint density at radius 2 is 1.85 bits per heavy atom. The van der Waals surface area contributed by atoms with E-state index in [1.807, 2.05) is 18.7 Å². The summed E-state index contributed by atoms with van der Waals surface area (Å²) in [6, 6.07) is 4.20. The van der Waals surface area contributed by atoms with Gasteiger partial charge < -0.3 is 19.4 Å². The van der Waals surface area contributed by atoms with Gasteiger partial charge in [0.15, 0.2) is 0 Å². The van der Waals surface area contributed by atoms with Crippen LogP contribution in [0.3, 0.4) is 0 Å². The van der Waals surface area contributed by atoms with E-state index in [0.29, 0.717) is 32.5 Å². The molecule has 2 amide bonds. The van der Waals surface area contributed by atoms with E-state index in [-0.39, 0.29) is 17.7 Å². The van der Waals surface area contributed by atoms with Crippen LogP contribution in [-0.2, 0) is 14.3 Å². The second-order valence-corrected chi connectivity index (χ2v) is 7.49. The van der Waals surface area contributed by atoms with E-state index >= 15 is 0 Å². The number of carbonyl (C=O) groups excluding carboxylic acids is 2. The number of hydrogen-bond donors (Lipinski definition) is 0. The number of hydrogen-bond acceptors (Lipinski definition) is 5. The number of piperazine rings is 1. The quantitative estimate of drug-likeness (QED) is 0.776. The van der Waals surface area contributed by atoms with Crippen molar-refractivity contribution in [1.29, 1.82) is 0 Å². The predicted octanol–water partition coefficient (Wildman–Crippen LogP) is 1.23. The van der Waals surface area contributed by atoms with Gasteiger partial charge in [0.05, 0.1) is 12.5 Å². The Bertz CT molecular complexity index is 666. The fourth-order valence-electron chi connectivity index (χ4n) is 3.97. The van der Waals surface area contributed by atoms with Crippen LogP contribution in [0.5, 0.6) is 0 Å². The number of amides is 2. The van der Waals surface area contributed by atoms with Crippen LogP contribution in [0.2, 0.25) is 0 Å². The Hall–Kier alpha value is -2.15. The summed E-state index contributed by atoms with van der Waals surface area (Å²) in [7, 11) is 1.63. The molecule has 2 aliphatic rings. The molecular weight excluding hydrogens is 344 g/mol. The van der Waals surface area contributed by atoms with Crippen molar-refractivity contribution in [3.63, 3.8) is 0 Å². The molecule has 27 heavy (non-hydrogen) atoms. The molecule has 3 heterocycles. The maximum atomic E-state index is 13.0. The highest BCUT2D eigenvalue weighted by atomic mass is 16.5. The summed E-state index contributed by atoms with van der Waals surface area (Å²) in [5, 5.41) is 0. The highest BCUT2D eigenvalue weighted by Crippen LogP contribution is 2.23. The largest absolute Gasteiger partial charge is 0.383 e. The van der Waals surface area contributed by atoms with Crippen LogP contribution in [0, 0.1) is 19.8 Å². The van der Waals surface area contributed by atoms with Crippen molar-refractivity contribution < 1.29 is 14.3 Å². The second-order valence-electron chi connectivity index (χ2n) is 7.49. The summed E-state index contributed by atoms with van der Waals surface area (Å²) in [5.74, 6) is 0.229. The average molecular weight is 374 g/mol. The van der Waals surface area contributed by atoms with Crippen LogP contribution in [0.25, 0.3) is 0 Å². The van der Waals surface area contributed by atoms with Crippen LogP contribution in [0.1, 0.15) is 24.2 Å². The first-order valence-electron chi connectivity index (χ1n) is 9.73. The number of aryl methyl sites for hydroxylation is 2. The Balaban J connectivity index is 1.55. The Morgan fingerprint density at radius 1 is 1.19 bits per heavy atom. The number of rotatable bonds is 5. The fraction of sp³-hybridized carbons (Fsp3) is 0.650. The monoisotopic (exact) mass is 374 g/mol. The molecule has 1 aromatic heterocycles. The fourth-order valence-corrected chi connectivity index (χ4v) is 3.97. The average Bonchev–Trinajstić information content (AvgIpc) is 2.66. The van der Waals surface area contributed by atoms with Crippen molar-refractivity contribution in [2.24, 2.45) is 5.92 Å². The lowest BCUT2D eigenvalue weighted by Gasteiger charge is -2.39. The van der Waals surface area contributed by atoms with Gasteiger partial charge in [-0.2, -0.15) is 0 Å². The van der Waals surface area contributed by atoms with Gasteiger partial charge in [-0.25, -0.2) is 0 Å². The highest BCUT2D eigenvalue weighted by molar-refractivity contribution is 5.84. The number of methoxy groups -OCH3 is 1. The number of aromatic nitrogens is 1. The van der Waals surface area contributed by atoms with Crippen LogP contribution >= 0.6 is 0 Å². The van der Waals surface area contributed by atoms with E-state index in [1.165, 1.54) is 5.69 Å². The van der Waals surface area contributed by atoms with Crippen molar-refractivity contribution in [3.05, 3.63) is 23.5 Å². The molecule has 1 unspecified atom stereocenters. The lowest BCUT2D eigenvalue weighted by molar-refractivity contribution is -0.143. The van der Waals surface area contributed by atoms with Gasteiger partial charge in [-0.05, 0) is 32.4 Å². The molecule has 3 rings (SSSR count). The number of nitrogens with zero attached hydrogens (tertiary/aromatic N) is 4.